The summed E-state index contributed by atoms with van der Waals surface area (Å²) in [6.07, 6.45) is 1.50. The molecule has 0 fully saturated rings. The number of rotatable bonds is 3. The number of carbonyl (C=O) groups excluding carboxylic acids is 2. The Balaban J connectivity index is 2.47. The summed E-state index contributed by atoms with van der Waals surface area (Å²) in [5.41, 5.74) is 0.332. The van der Waals surface area contributed by atoms with Crippen molar-refractivity contribution in [2.75, 3.05) is 13.6 Å². The molecule has 0 saturated heterocycles. The van der Waals surface area contributed by atoms with Gasteiger partial charge in [-0.1, -0.05) is 11.6 Å². The summed E-state index contributed by atoms with van der Waals surface area (Å²) in [5.74, 6) is -0.614. The van der Waals surface area contributed by atoms with Crippen LogP contribution in [0.2, 0.25) is 5.02 Å². The van der Waals surface area contributed by atoms with Crippen molar-refractivity contribution < 1.29 is 9.59 Å². The predicted molar refractivity (Wildman–Crippen MR) is 52.2 cm³/mol. The van der Waals surface area contributed by atoms with Gasteiger partial charge in [0.05, 0.1) is 11.6 Å². The lowest BCUT2D eigenvalue weighted by Gasteiger charge is -2.01. The number of aromatic amines is 1. The molecule has 3 N–H and O–H groups in total. The quantitative estimate of drug-likeness (QED) is 0.671. The maximum absolute atomic E-state index is 11.3. The van der Waals surface area contributed by atoms with Crippen LogP contribution in [0.15, 0.2) is 12.3 Å². The normalized spacial score (nSPS) is 9.57. The second kappa shape index (κ2) is 4.66. The molecule has 1 aromatic heterocycles. The van der Waals surface area contributed by atoms with Crippen LogP contribution in [0.25, 0.3) is 0 Å². The molecule has 0 bridgehead atoms. The lowest BCUT2D eigenvalue weighted by atomic mass is 10.4. The number of hydrogen-bond acceptors (Lipinski definition) is 2. The lowest BCUT2D eigenvalue weighted by Crippen LogP contribution is -2.35. The fourth-order valence-corrected chi connectivity index (χ4v) is 1.01. The van der Waals surface area contributed by atoms with E-state index in [9.17, 15) is 9.59 Å². The van der Waals surface area contributed by atoms with Crippen molar-refractivity contribution >= 4 is 23.4 Å². The second-order valence-electron chi connectivity index (χ2n) is 2.59. The van der Waals surface area contributed by atoms with Crippen molar-refractivity contribution in [1.82, 2.24) is 15.6 Å². The van der Waals surface area contributed by atoms with Crippen molar-refractivity contribution in [3.8, 4) is 0 Å². The summed E-state index contributed by atoms with van der Waals surface area (Å²) in [4.78, 5) is 24.8. The van der Waals surface area contributed by atoms with Crippen LogP contribution in [0.4, 0.5) is 0 Å². The SMILES string of the molecule is CNC(=O)CNC(=O)c1cc(Cl)c[nH]1. The molecule has 0 aromatic carbocycles. The van der Waals surface area contributed by atoms with Gasteiger partial charge < -0.3 is 15.6 Å². The maximum atomic E-state index is 11.3. The number of H-pyrrole nitrogens is 1. The largest absolute Gasteiger partial charge is 0.358 e. The standard InChI is InChI=1S/C8H10ClN3O2/c1-10-7(13)4-12-8(14)6-2-5(9)3-11-6/h2-3,11H,4H2,1H3,(H,10,13)(H,12,14). The first-order valence-electron chi connectivity index (χ1n) is 3.96. The smallest absolute Gasteiger partial charge is 0.268 e. The molecule has 0 unspecified atom stereocenters. The van der Waals surface area contributed by atoms with Crippen molar-refractivity contribution in [3.63, 3.8) is 0 Å². The highest BCUT2D eigenvalue weighted by atomic mass is 35.5. The Hall–Kier alpha value is -1.49. The van der Waals surface area contributed by atoms with E-state index in [2.05, 4.69) is 15.6 Å². The first-order chi connectivity index (χ1) is 6.63. The topological polar surface area (TPSA) is 74.0 Å². The maximum Gasteiger partial charge on any atom is 0.268 e. The van der Waals surface area contributed by atoms with E-state index in [0.29, 0.717) is 10.7 Å². The Morgan fingerprint density at radius 2 is 2.29 bits per heavy atom. The second-order valence-corrected chi connectivity index (χ2v) is 3.02. The molecular formula is C8H10ClN3O2. The third-order valence-corrected chi connectivity index (χ3v) is 1.80. The Bertz CT molecular complexity index is 348. The van der Waals surface area contributed by atoms with Gasteiger partial charge in [-0.3, -0.25) is 9.59 Å². The van der Waals surface area contributed by atoms with Crippen molar-refractivity contribution in [2.45, 2.75) is 0 Å². The molecule has 5 nitrogen and oxygen atoms in total. The van der Waals surface area contributed by atoms with Gasteiger partial charge in [-0.15, -0.1) is 0 Å². The van der Waals surface area contributed by atoms with Crippen LogP contribution in [-0.4, -0.2) is 30.4 Å². The van der Waals surface area contributed by atoms with E-state index in [0.717, 1.165) is 0 Å². The molecular weight excluding hydrogens is 206 g/mol. The molecule has 0 saturated carbocycles. The van der Waals surface area contributed by atoms with Gasteiger partial charge in [-0.25, -0.2) is 0 Å². The average molecular weight is 216 g/mol. The fourth-order valence-electron chi connectivity index (χ4n) is 0.843. The molecule has 6 heteroatoms. The Kier molecular flexibility index (Phi) is 3.53. The van der Waals surface area contributed by atoms with Crippen LogP contribution in [0.5, 0.6) is 0 Å². The van der Waals surface area contributed by atoms with Crippen LogP contribution in [0.1, 0.15) is 10.5 Å². The van der Waals surface area contributed by atoms with Gasteiger partial charge >= 0.3 is 0 Å². The first kappa shape index (κ1) is 10.6. The molecule has 1 rings (SSSR count). The van der Waals surface area contributed by atoms with E-state index < -0.39 is 0 Å². The van der Waals surface area contributed by atoms with Gasteiger partial charge in [0.2, 0.25) is 5.91 Å². The molecule has 76 valence electrons. The number of nitrogens with one attached hydrogen (secondary N) is 3. The molecule has 14 heavy (non-hydrogen) atoms. The molecule has 0 radical (unpaired) electrons. The zero-order chi connectivity index (χ0) is 10.6. The first-order valence-corrected chi connectivity index (χ1v) is 4.34. The van der Waals surface area contributed by atoms with E-state index in [1.165, 1.54) is 19.3 Å². The molecule has 0 aliphatic carbocycles. The molecule has 1 heterocycles. The Labute approximate surface area is 85.8 Å². The number of likely N-dealkylation sites (N-methyl/N-ethyl adjacent to an activating group) is 1. The lowest BCUT2D eigenvalue weighted by molar-refractivity contribution is -0.119. The predicted octanol–water partition coefficient (Wildman–Crippen LogP) is 0.144. The third kappa shape index (κ3) is 2.77. The highest BCUT2D eigenvalue weighted by Crippen LogP contribution is 2.08. The highest BCUT2D eigenvalue weighted by Gasteiger charge is 2.08. The van der Waals surface area contributed by atoms with Gasteiger partial charge in [0.15, 0.2) is 0 Å². The van der Waals surface area contributed by atoms with E-state index in [4.69, 9.17) is 11.6 Å². The monoisotopic (exact) mass is 215 g/mol. The zero-order valence-corrected chi connectivity index (χ0v) is 8.31. The van der Waals surface area contributed by atoms with Gasteiger partial charge in [0.25, 0.3) is 5.91 Å². The Morgan fingerprint density at radius 3 is 2.79 bits per heavy atom. The molecule has 0 aliphatic rings. The van der Waals surface area contributed by atoms with Crippen LogP contribution in [-0.2, 0) is 4.79 Å². The average Bonchev–Trinajstić information content (AvgIpc) is 2.60. The minimum Gasteiger partial charge on any atom is -0.358 e. The number of amides is 2. The van der Waals surface area contributed by atoms with Crippen LogP contribution in [0, 0.1) is 0 Å². The van der Waals surface area contributed by atoms with Crippen molar-refractivity contribution in [3.05, 3.63) is 23.0 Å². The summed E-state index contributed by atoms with van der Waals surface area (Å²) in [7, 11) is 1.50. The van der Waals surface area contributed by atoms with E-state index in [1.807, 2.05) is 0 Å². The van der Waals surface area contributed by atoms with Gasteiger partial charge in [0.1, 0.15) is 5.69 Å². The highest BCUT2D eigenvalue weighted by molar-refractivity contribution is 6.30. The summed E-state index contributed by atoms with van der Waals surface area (Å²) < 4.78 is 0. The van der Waals surface area contributed by atoms with Crippen molar-refractivity contribution in [2.24, 2.45) is 0 Å². The fraction of sp³-hybridized carbons (Fsp3) is 0.250. The van der Waals surface area contributed by atoms with Crippen LogP contribution >= 0.6 is 11.6 Å². The number of carbonyl (C=O) groups is 2. The molecule has 0 atom stereocenters. The summed E-state index contributed by atoms with van der Waals surface area (Å²) in [6, 6.07) is 1.49. The number of aromatic nitrogens is 1. The summed E-state index contributed by atoms with van der Waals surface area (Å²) >= 11 is 5.60. The minimum absolute atomic E-state index is 0.0496. The number of halogens is 1. The number of hydrogen-bond donors (Lipinski definition) is 3. The van der Waals surface area contributed by atoms with Gasteiger partial charge in [-0.2, -0.15) is 0 Å². The molecule has 1 aromatic rings. The van der Waals surface area contributed by atoms with Crippen molar-refractivity contribution in [1.29, 1.82) is 0 Å². The Morgan fingerprint density at radius 1 is 1.57 bits per heavy atom. The summed E-state index contributed by atoms with van der Waals surface area (Å²) in [6.45, 7) is -0.0496. The summed E-state index contributed by atoms with van der Waals surface area (Å²) in [5, 5.41) is 5.26. The van der Waals surface area contributed by atoms with Gasteiger partial charge in [-0.05, 0) is 6.07 Å². The van der Waals surface area contributed by atoms with E-state index in [1.54, 1.807) is 0 Å². The zero-order valence-electron chi connectivity index (χ0n) is 7.56. The third-order valence-electron chi connectivity index (χ3n) is 1.58. The minimum atomic E-state index is -0.361. The van der Waals surface area contributed by atoms with Gasteiger partial charge in [0, 0.05) is 13.2 Å². The molecule has 2 amide bonds. The molecule has 0 aliphatic heterocycles. The van der Waals surface area contributed by atoms with Crippen LogP contribution in [0.3, 0.4) is 0 Å². The van der Waals surface area contributed by atoms with E-state index >= 15 is 0 Å². The molecule has 0 spiro atoms. The van der Waals surface area contributed by atoms with Crippen LogP contribution < -0.4 is 10.6 Å². The van der Waals surface area contributed by atoms with E-state index in [-0.39, 0.29) is 18.4 Å².